The summed E-state index contributed by atoms with van der Waals surface area (Å²) in [5, 5.41) is 12.5. The summed E-state index contributed by atoms with van der Waals surface area (Å²) in [5.74, 6) is -1.17. The fourth-order valence-electron chi connectivity index (χ4n) is 2.77. The fraction of sp³-hybridized carbons (Fsp3) is 0.304. The molecule has 32 heavy (non-hydrogen) atoms. The average molecular weight is 457 g/mol. The van der Waals surface area contributed by atoms with Crippen LogP contribution in [0.1, 0.15) is 48.0 Å². The molecule has 0 aliphatic rings. The fourth-order valence-corrected chi connectivity index (χ4v) is 3.91. The lowest BCUT2D eigenvalue weighted by atomic mass is 10.1. The van der Waals surface area contributed by atoms with Crippen molar-refractivity contribution in [3.63, 3.8) is 0 Å². The molecular weight excluding hydrogens is 432 g/mol. The second-order valence-corrected chi connectivity index (χ2v) is 7.69. The molecule has 1 N–H and O–H groups in total. The number of hydrogen-bond acceptors (Lipinski definition) is 8. The number of carbonyl (C=O) groups excluding carboxylic acids is 3. The predicted molar refractivity (Wildman–Crippen MR) is 121 cm³/mol. The van der Waals surface area contributed by atoms with E-state index >= 15 is 0 Å². The number of nitrogens with one attached hydrogen (secondary N) is 1. The first-order valence-electron chi connectivity index (χ1n) is 9.92. The van der Waals surface area contributed by atoms with Gasteiger partial charge in [0.2, 0.25) is 0 Å². The normalized spacial score (nSPS) is 10.8. The Hall–Kier alpha value is -3.64. The largest absolute Gasteiger partial charge is 0.490 e. The zero-order valence-electron chi connectivity index (χ0n) is 18.3. The van der Waals surface area contributed by atoms with E-state index in [1.165, 1.54) is 37.5 Å². The molecule has 0 unspecified atom stereocenters. The highest BCUT2D eigenvalue weighted by atomic mass is 32.1. The number of hydrogen-bond donors (Lipinski definition) is 1. The smallest absolute Gasteiger partial charge is 0.340 e. The highest BCUT2D eigenvalue weighted by Crippen LogP contribution is 2.31. The minimum absolute atomic E-state index is 0.172. The third-order valence-corrected chi connectivity index (χ3v) is 5.22. The molecule has 0 saturated heterocycles. The maximum atomic E-state index is 12.8. The van der Waals surface area contributed by atoms with Gasteiger partial charge in [-0.3, -0.25) is 9.59 Å². The number of thiophene rings is 1. The number of carbonyl (C=O) groups is 3. The van der Waals surface area contributed by atoms with E-state index in [1.807, 2.05) is 13.0 Å². The number of ether oxygens (including phenoxy) is 3. The second-order valence-electron chi connectivity index (χ2n) is 6.55. The summed E-state index contributed by atoms with van der Waals surface area (Å²) in [4.78, 5) is 37.0. The molecule has 0 aliphatic heterocycles. The Labute approximate surface area is 190 Å². The maximum Gasteiger partial charge on any atom is 0.340 e. The van der Waals surface area contributed by atoms with Gasteiger partial charge in [0.05, 0.1) is 19.3 Å². The molecule has 2 aromatic rings. The van der Waals surface area contributed by atoms with Crippen molar-refractivity contribution >= 4 is 40.3 Å². The standard InChI is InChI=1S/C23H24N2O6S/c1-5-7-17-12-18(23(28)29-4)22(32-17)25-21(27)16(13-24)10-15-8-9-19(31-14(3)26)20(11-15)30-6-2/h8-12H,5-7H2,1-4H3,(H,25,27). The monoisotopic (exact) mass is 456 g/mol. The molecule has 1 amide bonds. The predicted octanol–water partition coefficient (Wildman–Crippen LogP) is 4.36. The number of benzene rings is 1. The van der Waals surface area contributed by atoms with Crippen LogP contribution in [0.15, 0.2) is 29.8 Å². The number of anilines is 1. The Morgan fingerprint density at radius 3 is 2.53 bits per heavy atom. The Morgan fingerprint density at radius 2 is 1.94 bits per heavy atom. The number of amides is 1. The van der Waals surface area contributed by atoms with Crippen LogP contribution in [-0.4, -0.2) is 31.6 Å². The molecule has 0 atom stereocenters. The second kappa shape index (κ2) is 11.7. The summed E-state index contributed by atoms with van der Waals surface area (Å²) in [6.45, 7) is 5.40. The van der Waals surface area contributed by atoms with E-state index in [4.69, 9.17) is 14.2 Å². The van der Waals surface area contributed by atoms with E-state index in [9.17, 15) is 19.6 Å². The summed E-state index contributed by atoms with van der Waals surface area (Å²) in [5.41, 5.74) is 0.576. The van der Waals surface area contributed by atoms with Gasteiger partial charge in [-0.2, -0.15) is 5.26 Å². The first kappa shape index (κ1) is 24.6. The number of nitrogens with zero attached hydrogens (tertiary/aromatic N) is 1. The molecule has 9 heteroatoms. The van der Waals surface area contributed by atoms with Gasteiger partial charge in [-0.25, -0.2) is 4.79 Å². The molecule has 1 aromatic heterocycles. The van der Waals surface area contributed by atoms with Crippen LogP contribution in [-0.2, 0) is 20.7 Å². The molecular formula is C23H24N2O6S. The first-order chi connectivity index (χ1) is 15.3. The van der Waals surface area contributed by atoms with E-state index in [1.54, 1.807) is 25.1 Å². The Kier molecular flexibility index (Phi) is 8.98. The molecule has 1 aromatic carbocycles. The quantitative estimate of drug-likeness (QED) is 0.258. The molecule has 0 fully saturated rings. The van der Waals surface area contributed by atoms with Crippen molar-refractivity contribution < 1.29 is 28.6 Å². The van der Waals surface area contributed by atoms with Crippen molar-refractivity contribution in [3.05, 3.63) is 45.8 Å². The van der Waals surface area contributed by atoms with Gasteiger partial charge in [-0.15, -0.1) is 11.3 Å². The van der Waals surface area contributed by atoms with Crippen molar-refractivity contribution in [1.29, 1.82) is 5.26 Å². The van der Waals surface area contributed by atoms with Crippen LogP contribution < -0.4 is 14.8 Å². The minimum atomic E-state index is -0.662. The Bertz CT molecular complexity index is 1080. The van der Waals surface area contributed by atoms with Gasteiger partial charge in [0, 0.05) is 11.8 Å². The van der Waals surface area contributed by atoms with Crippen LogP contribution in [0.3, 0.4) is 0 Å². The van der Waals surface area contributed by atoms with E-state index < -0.39 is 17.8 Å². The van der Waals surface area contributed by atoms with Crippen LogP contribution in [0.5, 0.6) is 11.5 Å². The number of esters is 2. The summed E-state index contributed by atoms with van der Waals surface area (Å²) in [6.07, 6.45) is 3.01. The Balaban J connectivity index is 2.34. The molecule has 2 rings (SSSR count). The summed E-state index contributed by atoms with van der Waals surface area (Å²) in [7, 11) is 1.27. The topological polar surface area (TPSA) is 115 Å². The van der Waals surface area contributed by atoms with E-state index in [0.29, 0.717) is 22.9 Å². The van der Waals surface area contributed by atoms with Crippen molar-refractivity contribution in [3.8, 4) is 17.6 Å². The van der Waals surface area contributed by atoms with E-state index in [-0.39, 0.29) is 16.9 Å². The van der Waals surface area contributed by atoms with Gasteiger partial charge in [0.15, 0.2) is 11.5 Å². The molecule has 8 nitrogen and oxygen atoms in total. The third kappa shape index (κ3) is 6.43. The van der Waals surface area contributed by atoms with Crippen molar-refractivity contribution in [2.75, 3.05) is 19.0 Å². The first-order valence-corrected chi connectivity index (χ1v) is 10.7. The summed E-state index contributed by atoms with van der Waals surface area (Å²) in [6, 6.07) is 8.25. The highest BCUT2D eigenvalue weighted by Gasteiger charge is 2.20. The van der Waals surface area contributed by atoms with Gasteiger partial charge in [-0.05, 0) is 43.2 Å². The molecule has 0 radical (unpaired) electrons. The van der Waals surface area contributed by atoms with Crippen LogP contribution in [0, 0.1) is 11.3 Å². The lowest BCUT2D eigenvalue weighted by molar-refractivity contribution is -0.132. The van der Waals surface area contributed by atoms with Crippen LogP contribution in [0.2, 0.25) is 0 Å². The lowest BCUT2D eigenvalue weighted by Gasteiger charge is -2.10. The number of nitriles is 1. The van der Waals surface area contributed by atoms with Gasteiger partial charge in [0.25, 0.3) is 5.91 Å². The molecule has 0 bridgehead atoms. The number of methoxy groups -OCH3 is 1. The third-order valence-electron chi connectivity index (χ3n) is 4.11. The van der Waals surface area contributed by atoms with Crippen LogP contribution >= 0.6 is 11.3 Å². The molecule has 0 aliphatic carbocycles. The van der Waals surface area contributed by atoms with Gasteiger partial charge >= 0.3 is 11.9 Å². The van der Waals surface area contributed by atoms with Crippen molar-refractivity contribution in [2.45, 2.75) is 33.6 Å². The zero-order valence-corrected chi connectivity index (χ0v) is 19.1. The van der Waals surface area contributed by atoms with Crippen LogP contribution in [0.4, 0.5) is 5.00 Å². The van der Waals surface area contributed by atoms with E-state index in [2.05, 4.69) is 5.32 Å². The molecule has 168 valence electrons. The van der Waals surface area contributed by atoms with E-state index in [0.717, 1.165) is 17.7 Å². The van der Waals surface area contributed by atoms with Crippen LogP contribution in [0.25, 0.3) is 6.08 Å². The molecule has 0 spiro atoms. The van der Waals surface area contributed by atoms with Gasteiger partial charge in [0.1, 0.15) is 16.6 Å². The number of rotatable bonds is 9. The zero-order chi connectivity index (χ0) is 23.7. The van der Waals surface area contributed by atoms with Crippen molar-refractivity contribution in [2.24, 2.45) is 0 Å². The minimum Gasteiger partial charge on any atom is -0.490 e. The summed E-state index contributed by atoms with van der Waals surface area (Å²) < 4.78 is 15.4. The summed E-state index contributed by atoms with van der Waals surface area (Å²) >= 11 is 1.27. The van der Waals surface area contributed by atoms with Crippen molar-refractivity contribution in [1.82, 2.24) is 0 Å². The molecule has 0 saturated carbocycles. The molecule has 1 heterocycles. The Morgan fingerprint density at radius 1 is 1.19 bits per heavy atom. The lowest BCUT2D eigenvalue weighted by Crippen LogP contribution is -2.15. The highest BCUT2D eigenvalue weighted by molar-refractivity contribution is 7.16. The SMILES string of the molecule is CCCc1cc(C(=O)OC)c(NC(=O)C(C#N)=Cc2ccc(OC(C)=O)c(OCC)c2)s1. The van der Waals surface area contributed by atoms with Gasteiger partial charge in [-0.1, -0.05) is 19.4 Å². The number of aryl methyl sites for hydroxylation is 1. The average Bonchev–Trinajstić information content (AvgIpc) is 3.15. The van der Waals surface area contributed by atoms with Gasteiger partial charge < -0.3 is 19.5 Å². The maximum absolute atomic E-state index is 12.8.